The summed E-state index contributed by atoms with van der Waals surface area (Å²) in [6.07, 6.45) is 5.50. The Balaban J connectivity index is 1.47. The number of amides is 2. The molecule has 1 saturated carbocycles. The van der Waals surface area contributed by atoms with E-state index >= 15 is 0 Å². The van der Waals surface area contributed by atoms with Crippen LogP contribution in [0.1, 0.15) is 48.8 Å². The lowest BCUT2D eigenvalue weighted by atomic mass is 10.1. The SMILES string of the molecule is Cc1ccc(N(C(=O)Cn2nnc(-c3ccc(C)o3)n2)[C@@H](C(=O)NC2CCCC2)c2ccco2)cc1. The van der Waals surface area contributed by atoms with E-state index in [1.807, 2.05) is 38.1 Å². The van der Waals surface area contributed by atoms with Gasteiger partial charge in [-0.1, -0.05) is 30.5 Å². The molecule has 1 aliphatic carbocycles. The highest BCUT2D eigenvalue weighted by Gasteiger charge is 2.36. The molecule has 0 bridgehead atoms. The van der Waals surface area contributed by atoms with Crippen molar-refractivity contribution in [1.82, 2.24) is 25.5 Å². The summed E-state index contributed by atoms with van der Waals surface area (Å²) in [5, 5.41) is 15.5. The summed E-state index contributed by atoms with van der Waals surface area (Å²) < 4.78 is 11.2. The zero-order valence-electron chi connectivity index (χ0n) is 20.3. The molecule has 36 heavy (non-hydrogen) atoms. The maximum atomic E-state index is 13.8. The maximum Gasteiger partial charge on any atom is 0.251 e. The molecule has 10 heteroatoms. The van der Waals surface area contributed by atoms with Gasteiger partial charge in [-0.05, 0) is 68.3 Å². The molecule has 1 fully saturated rings. The van der Waals surface area contributed by atoms with Gasteiger partial charge < -0.3 is 14.2 Å². The van der Waals surface area contributed by atoms with Crippen LogP contribution in [0.5, 0.6) is 0 Å². The van der Waals surface area contributed by atoms with Gasteiger partial charge in [-0.3, -0.25) is 14.5 Å². The van der Waals surface area contributed by atoms with E-state index in [0.717, 1.165) is 37.0 Å². The molecule has 0 radical (unpaired) electrons. The molecule has 1 aliphatic rings. The summed E-state index contributed by atoms with van der Waals surface area (Å²) in [4.78, 5) is 30.0. The van der Waals surface area contributed by atoms with Gasteiger partial charge in [-0.15, -0.1) is 10.2 Å². The van der Waals surface area contributed by atoms with Crippen LogP contribution in [-0.4, -0.2) is 38.1 Å². The molecule has 0 unspecified atom stereocenters. The second-order valence-electron chi connectivity index (χ2n) is 9.06. The summed E-state index contributed by atoms with van der Waals surface area (Å²) in [6.45, 7) is 3.56. The predicted molar refractivity (Wildman–Crippen MR) is 131 cm³/mol. The first-order valence-corrected chi connectivity index (χ1v) is 12.0. The van der Waals surface area contributed by atoms with Crippen molar-refractivity contribution in [3.05, 3.63) is 71.9 Å². The van der Waals surface area contributed by atoms with E-state index in [1.54, 1.807) is 24.3 Å². The number of rotatable bonds is 8. The molecule has 5 rings (SSSR count). The lowest BCUT2D eigenvalue weighted by Gasteiger charge is -2.30. The highest BCUT2D eigenvalue weighted by molar-refractivity contribution is 6.01. The number of carbonyl (C=O) groups is 2. The van der Waals surface area contributed by atoms with Gasteiger partial charge in [0.05, 0.1) is 6.26 Å². The number of aromatic nitrogens is 4. The van der Waals surface area contributed by atoms with Crippen molar-refractivity contribution in [2.75, 3.05) is 4.90 Å². The van der Waals surface area contributed by atoms with Gasteiger partial charge >= 0.3 is 0 Å². The van der Waals surface area contributed by atoms with Gasteiger partial charge in [-0.2, -0.15) is 4.80 Å². The largest absolute Gasteiger partial charge is 0.467 e. The minimum atomic E-state index is -0.994. The normalized spacial score (nSPS) is 14.6. The van der Waals surface area contributed by atoms with Crippen molar-refractivity contribution in [3.63, 3.8) is 0 Å². The summed E-state index contributed by atoms with van der Waals surface area (Å²) in [5.41, 5.74) is 1.60. The van der Waals surface area contributed by atoms with Crippen molar-refractivity contribution in [2.45, 2.75) is 58.2 Å². The Bertz CT molecular complexity index is 1320. The van der Waals surface area contributed by atoms with Crippen LogP contribution in [0, 0.1) is 13.8 Å². The standard InChI is InChI=1S/C26H28N6O4/c1-17-9-12-20(13-10-17)32(23(33)16-31-29-25(28-30-31)22-14-11-18(2)36-22)24(21-8-5-15-35-21)26(34)27-19-6-3-4-7-19/h5,8-15,19,24H,3-4,6-7,16H2,1-2H3,(H,27,34)/t24-/m1/s1. The Labute approximate surface area is 208 Å². The number of nitrogens with zero attached hydrogens (tertiary/aromatic N) is 5. The van der Waals surface area contributed by atoms with E-state index in [-0.39, 0.29) is 30.2 Å². The second kappa shape index (κ2) is 10.2. The molecule has 0 aliphatic heterocycles. The van der Waals surface area contributed by atoms with Crippen molar-refractivity contribution >= 4 is 17.5 Å². The maximum absolute atomic E-state index is 13.8. The Hall–Kier alpha value is -4.21. The number of aryl methyl sites for hydroxylation is 2. The first-order valence-electron chi connectivity index (χ1n) is 12.0. The van der Waals surface area contributed by atoms with Crippen molar-refractivity contribution < 1.29 is 18.4 Å². The Morgan fingerprint density at radius 1 is 1.11 bits per heavy atom. The molecule has 2 amide bonds. The third-order valence-corrected chi connectivity index (χ3v) is 6.29. The molecule has 3 heterocycles. The van der Waals surface area contributed by atoms with E-state index in [9.17, 15) is 9.59 Å². The fourth-order valence-corrected chi connectivity index (χ4v) is 4.47. The molecule has 3 aromatic heterocycles. The minimum Gasteiger partial charge on any atom is -0.467 e. The molecule has 4 aromatic rings. The monoisotopic (exact) mass is 488 g/mol. The van der Waals surface area contributed by atoms with E-state index in [1.165, 1.54) is 16.0 Å². The van der Waals surface area contributed by atoms with E-state index in [2.05, 4.69) is 20.7 Å². The first kappa shape index (κ1) is 23.5. The molecule has 0 saturated heterocycles. The highest BCUT2D eigenvalue weighted by Crippen LogP contribution is 2.30. The summed E-state index contributed by atoms with van der Waals surface area (Å²) in [5.74, 6) is 1.16. The van der Waals surface area contributed by atoms with Gasteiger partial charge in [0.25, 0.3) is 11.8 Å². The Morgan fingerprint density at radius 3 is 2.56 bits per heavy atom. The van der Waals surface area contributed by atoms with Gasteiger partial charge in [0.2, 0.25) is 5.82 Å². The number of nitrogens with one attached hydrogen (secondary N) is 1. The third-order valence-electron chi connectivity index (χ3n) is 6.29. The molecule has 10 nitrogen and oxygen atoms in total. The van der Waals surface area contributed by atoms with Gasteiger partial charge in [0.15, 0.2) is 11.8 Å². The van der Waals surface area contributed by atoms with Gasteiger partial charge in [-0.25, -0.2) is 0 Å². The van der Waals surface area contributed by atoms with Crippen LogP contribution in [-0.2, 0) is 16.1 Å². The smallest absolute Gasteiger partial charge is 0.251 e. The summed E-state index contributed by atoms with van der Waals surface area (Å²) in [7, 11) is 0. The van der Waals surface area contributed by atoms with E-state index in [4.69, 9.17) is 8.83 Å². The number of anilines is 1. The van der Waals surface area contributed by atoms with Gasteiger partial charge in [0, 0.05) is 11.7 Å². The molecule has 1 aromatic carbocycles. The highest BCUT2D eigenvalue weighted by atomic mass is 16.3. The van der Waals surface area contributed by atoms with Crippen LogP contribution < -0.4 is 10.2 Å². The zero-order chi connectivity index (χ0) is 25.1. The van der Waals surface area contributed by atoms with Crippen LogP contribution in [0.15, 0.2) is 63.6 Å². The zero-order valence-corrected chi connectivity index (χ0v) is 20.3. The lowest BCUT2D eigenvalue weighted by molar-refractivity contribution is -0.128. The van der Waals surface area contributed by atoms with Crippen LogP contribution in [0.4, 0.5) is 5.69 Å². The fraction of sp³-hybridized carbons (Fsp3) is 0.346. The van der Waals surface area contributed by atoms with E-state index in [0.29, 0.717) is 17.2 Å². The lowest BCUT2D eigenvalue weighted by Crippen LogP contribution is -2.47. The fourth-order valence-electron chi connectivity index (χ4n) is 4.47. The quantitative estimate of drug-likeness (QED) is 0.398. The first-order chi connectivity index (χ1) is 17.5. The number of benzene rings is 1. The number of hydrogen-bond donors (Lipinski definition) is 1. The Morgan fingerprint density at radius 2 is 1.89 bits per heavy atom. The topological polar surface area (TPSA) is 119 Å². The molecular formula is C26H28N6O4. The third kappa shape index (κ3) is 5.07. The predicted octanol–water partition coefficient (Wildman–Crippen LogP) is 3.98. The van der Waals surface area contributed by atoms with Gasteiger partial charge in [0.1, 0.15) is 18.1 Å². The van der Waals surface area contributed by atoms with Crippen LogP contribution in [0.25, 0.3) is 11.6 Å². The summed E-state index contributed by atoms with van der Waals surface area (Å²) in [6, 6.07) is 13.5. The molecule has 186 valence electrons. The summed E-state index contributed by atoms with van der Waals surface area (Å²) >= 11 is 0. The average molecular weight is 489 g/mol. The average Bonchev–Trinajstić information content (AvgIpc) is 3.66. The number of carbonyl (C=O) groups excluding carboxylic acids is 2. The van der Waals surface area contributed by atoms with Crippen LogP contribution in [0.3, 0.4) is 0 Å². The van der Waals surface area contributed by atoms with E-state index < -0.39 is 6.04 Å². The minimum absolute atomic E-state index is 0.0845. The van der Waals surface area contributed by atoms with Crippen molar-refractivity contribution in [3.8, 4) is 11.6 Å². The van der Waals surface area contributed by atoms with Crippen molar-refractivity contribution in [2.24, 2.45) is 0 Å². The molecular weight excluding hydrogens is 460 g/mol. The molecule has 0 spiro atoms. The Kier molecular flexibility index (Phi) is 6.66. The van der Waals surface area contributed by atoms with Crippen LogP contribution >= 0.6 is 0 Å². The van der Waals surface area contributed by atoms with Crippen LogP contribution in [0.2, 0.25) is 0 Å². The number of furan rings is 2. The second-order valence-corrected chi connectivity index (χ2v) is 9.06. The number of hydrogen-bond acceptors (Lipinski definition) is 7. The number of tetrazole rings is 1. The molecule has 1 N–H and O–H groups in total. The van der Waals surface area contributed by atoms with Crippen molar-refractivity contribution in [1.29, 1.82) is 0 Å². The molecule has 1 atom stereocenters.